The molecule has 84 valence electrons. The van der Waals surface area contributed by atoms with Crippen molar-refractivity contribution in [3.63, 3.8) is 0 Å². The van der Waals surface area contributed by atoms with Crippen LogP contribution in [0.2, 0.25) is 10.4 Å². The van der Waals surface area contributed by atoms with Gasteiger partial charge in [0.15, 0.2) is 11.0 Å². The molecule has 0 unspecified atom stereocenters. The van der Waals surface area contributed by atoms with Gasteiger partial charge in [-0.15, -0.1) is 10.2 Å². The molecule has 1 aromatic heterocycles. The fraction of sp³-hybridized carbons (Fsp3) is 0.667. The van der Waals surface area contributed by atoms with Crippen LogP contribution in [0.15, 0.2) is 0 Å². The van der Waals surface area contributed by atoms with E-state index in [2.05, 4.69) is 40.9 Å². The highest BCUT2D eigenvalue weighted by Crippen LogP contribution is 2.23. The first-order chi connectivity index (χ1) is 7.06. The Bertz CT molecular complexity index is 330. The fourth-order valence-corrected chi connectivity index (χ4v) is 1.62. The summed E-state index contributed by atoms with van der Waals surface area (Å²) in [6.45, 7) is 7.11. The quantitative estimate of drug-likeness (QED) is 0.822. The van der Waals surface area contributed by atoms with Gasteiger partial charge in [0.2, 0.25) is 5.28 Å². The van der Waals surface area contributed by atoms with Gasteiger partial charge in [-0.25, -0.2) is 0 Å². The molecule has 0 atom stereocenters. The van der Waals surface area contributed by atoms with E-state index in [1.54, 1.807) is 0 Å². The molecule has 0 fully saturated rings. The lowest BCUT2D eigenvalue weighted by Gasteiger charge is -2.27. The van der Waals surface area contributed by atoms with Gasteiger partial charge in [0.05, 0.1) is 0 Å². The summed E-state index contributed by atoms with van der Waals surface area (Å²) < 4.78 is 0. The Morgan fingerprint density at radius 3 is 2.47 bits per heavy atom. The lowest BCUT2D eigenvalue weighted by Crippen LogP contribution is -2.32. The molecule has 0 bridgehead atoms. The number of rotatable bonds is 4. The van der Waals surface area contributed by atoms with E-state index in [-0.39, 0.29) is 5.28 Å². The van der Waals surface area contributed by atoms with Crippen LogP contribution in [0.3, 0.4) is 0 Å². The largest absolute Gasteiger partial charge is 0.351 e. The van der Waals surface area contributed by atoms with E-state index in [0.29, 0.717) is 17.0 Å². The van der Waals surface area contributed by atoms with Gasteiger partial charge >= 0.3 is 0 Å². The molecule has 0 spiro atoms. The second-order valence-corrected chi connectivity index (χ2v) is 4.18. The van der Waals surface area contributed by atoms with Crippen molar-refractivity contribution in [3.8, 4) is 0 Å². The third kappa shape index (κ3) is 3.18. The van der Waals surface area contributed by atoms with Crippen molar-refractivity contribution in [2.24, 2.45) is 0 Å². The first-order valence-electron chi connectivity index (χ1n) is 4.88. The summed E-state index contributed by atoms with van der Waals surface area (Å²) in [6.07, 6.45) is 1.01. The molecule has 1 rings (SSSR count). The standard InChI is InChI=1S/C9H14Cl2N4/c1-4-5-15(6(2)3)8-7(10)13-14-9(11)12-8/h6H,4-5H2,1-3H3. The Hall–Kier alpha value is -0.610. The number of hydrogen-bond acceptors (Lipinski definition) is 4. The van der Waals surface area contributed by atoms with Crippen molar-refractivity contribution in [2.45, 2.75) is 33.2 Å². The van der Waals surface area contributed by atoms with E-state index < -0.39 is 0 Å². The van der Waals surface area contributed by atoms with Crippen molar-refractivity contribution in [1.82, 2.24) is 15.2 Å². The molecule has 0 saturated carbocycles. The molecular formula is C9H14Cl2N4. The lowest BCUT2D eigenvalue weighted by atomic mass is 10.3. The maximum Gasteiger partial charge on any atom is 0.245 e. The van der Waals surface area contributed by atoms with Crippen LogP contribution in [0.4, 0.5) is 5.82 Å². The van der Waals surface area contributed by atoms with E-state index in [1.165, 1.54) is 0 Å². The second kappa shape index (κ2) is 5.47. The van der Waals surface area contributed by atoms with Crippen molar-refractivity contribution < 1.29 is 0 Å². The van der Waals surface area contributed by atoms with Gasteiger partial charge in [-0.3, -0.25) is 0 Å². The molecule has 1 aromatic rings. The van der Waals surface area contributed by atoms with Crippen LogP contribution in [0.25, 0.3) is 0 Å². The minimum absolute atomic E-state index is 0.121. The number of halogens is 2. The highest BCUT2D eigenvalue weighted by molar-refractivity contribution is 6.32. The highest BCUT2D eigenvalue weighted by Gasteiger charge is 2.16. The summed E-state index contributed by atoms with van der Waals surface area (Å²) >= 11 is 11.6. The fourth-order valence-electron chi connectivity index (χ4n) is 1.32. The topological polar surface area (TPSA) is 41.9 Å². The monoisotopic (exact) mass is 248 g/mol. The van der Waals surface area contributed by atoms with Crippen LogP contribution in [0.5, 0.6) is 0 Å². The predicted octanol–water partition coefficient (Wildman–Crippen LogP) is 2.80. The number of hydrogen-bond donors (Lipinski definition) is 0. The van der Waals surface area contributed by atoms with Crippen molar-refractivity contribution in [1.29, 1.82) is 0 Å². The number of anilines is 1. The highest BCUT2D eigenvalue weighted by atomic mass is 35.5. The zero-order chi connectivity index (χ0) is 11.4. The zero-order valence-electron chi connectivity index (χ0n) is 9.04. The third-order valence-corrected chi connectivity index (χ3v) is 2.37. The average molecular weight is 249 g/mol. The molecule has 0 aliphatic heterocycles. The lowest BCUT2D eigenvalue weighted by molar-refractivity contribution is 0.657. The Balaban J connectivity index is 3.04. The van der Waals surface area contributed by atoms with E-state index in [1.807, 2.05) is 0 Å². The summed E-state index contributed by atoms with van der Waals surface area (Å²) in [5.74, 6) is 0.605. The van der Waals surface area contributed by atoms with Crippen LogP contribution in [0, 0.1) is 0 Å². The van der Waals surface area contributed by atoms with Gasteiger partial charge in [0, 0.05) is 12.6 Å². The smallest absolute Gasteiger partial charge is 0.245 e. The van der Waals surface area contributed by atoms with Crippen LogP contribution >= 0.6 is 23.2 Å². The Labute approximate surface area is 99.6 Å². The SMILES string of the molecule is CCCN(c1nc(Cl)nnc1Cl)C(C)C. The molecular weight excluding hydrogens is 235 g/mol. The summed E-state index contributed by atoms with van der Waals surface area (Å²) in [4.78, 5) is 6.16. The molecule has 0 amide bonds. The number of nitrogens with zero attached hydrogens (tertiary/aromatic N) is 4. The van der Waals surface area contributed by atoms with Crippen LogP contribution in [-0.2, 0) is 0 Å². The second-order valence-electron chi connectivity index (χ2n) is 3.48. The van der Waals surface area contributed by atoms with Crippen LogP contribution in [-0.4, -0.2) is 27.8 Å². The maximum atomic E-state index is 5.93. The Morgan fingerprint density at radius 1 is 1.27 bits per heavy atom. The number of aromatic nitrogens is 3. The van der Waals surface area contributed by atoms with Gasteiger partial charge < -0.3 is 4.90 Å². The van der Waals surface area contributed by atoms with E-state index in [4.69, 9.17) is 23.2 Å². The molecule has 6 heteroatoms. The Kier molecular flexibility index (Phi) is 4.54. The summed E-state index contributed by atoms with van der Waals surface area (Å²) in [5, 5.41) is 7.74. The molecule has 15 heavy (non-hydrogen) atoms. The third-order valence-electron chi connectivity index (χ3n) is 1.96. The normalized spacial score (nSPS) is 10.8. The van der Waals surface area contributed by atoms with Gasteiger partial charge in [-0.1, -0.05) is 18.5 Å². The molecule has 4 nitrogen and oxygen atoms in total. The van der Waals surface area contributed by atoms with Crippen LogP contribution < -0.4 is 4.90 Å². The van der Waals surface area contributed by atoms with Crippen LogP contribution in [0.1, 0.15) is 27.2 Å². The predicted molar refractivity (Wildman–Crippen MR) is 62.6 cm³/mol. The molecule has 0 saturated heterocycles. The molecule has 0 N–H and O–H groups in total. The maximum absolute atomic E-state index is 5.93. The minimum atomic E-state index is 0.121. The van der Waals surface area contributed by atoms with Crippen molar-refractivity contribution >= 4 is 29.0 Å². The summed E-state index contributed by atoms with van der Waals surface area (Å²) in [5.41, 5.74) is 0. The van der Waals surface area contributed by atoms with Crippen molar-refractivity contribution in [2.75, 3.05) is 11.4 Å². The molecule has 1 heterocycles. The van der Waals surface area contributed by atoms with E-state index in [0.717, 1.165) is 13.0 Å². The Morgan fingerprint density at radius 2 is 1.93 bits per heavy atom. The molecule has 0 radical (unpaired) electrons. The first kappa shape index (κ1) is 12.5. The van der Waals surface area contributed by atoms with Gasteiger partial charge in [-0.05, 0) is 31.9 Å². The zero-order valence-corrected chi connectivity index (χ0v) is 10.5. The molecule has 0 aliphatic carbocycles. The summed E-state index contributed by atoms with van der Waals surface area (Å²) in [7, 11) is 0. The van der Waals surface area contributed by atoms with Gasteiger partial charge in [0.25, 0.3) is 0 Å². The summed E-state index contributed by atoms with van der Waals surface area (Å²) in [6, 6.07) is 0.301. The molecule has 0 aromatic carbocycles. The van der Waals surface area contributed by atoms with E-state index >= 15 is 0 Å². The van der Waals surface area contributed by atoms with Gasteiger partial charge in [-0.2, -0.15) is 4.98 Å². The van der Waals surface area contributed by atoms with E-state index in [9.17, 15) is 0 Å². The minimum Gasteiger partial charge on any atom is -0.351 e. The van der Waals surface area contributed by atoms with Crippen molar-refractivity contribution in [3.05, 3.63) is 10.4 Å². The first-order valence-corrected chi connectivity index (χ1v) is 5.64. The molecule has 0 aliphatic rings. The average Bonchev–Trinajstić information content (AvgIpc) is 2.18. The van der Waals surface area contributed by atoms with Gasteiger partial charge in [0.1, 0.15) is 0 Å².